The summed E-state index contributed by atoms with van der Waals surface area (Å²) in [4.78, 5) is 12.8. The highest BCUT2D eigenvalue weighted by Gasteiger charge is 2.25. The highest BCUT2D eigenvalue weighted by molar-refractivity contribution is 7.10. The van der Waals surface area contributed by atoms with Crippen LogP contribution in [0.15, 0.2) is 41.8 Å². The number of thiophene rings is 1. The van der Waals surface area contributed by atoms with Crippen molar-refractivity contribution in [3.8, 4) is 6.07 Å². The molecule has 5 heteroatoms. The Bertz CT molecular complexity index is 642. The molecule has 0 bridgehead atoms. The van der Waals surface area contributed by atoms with Crippen molar-refractivity contribution in [3.05, 3.63) is 57.8 Å². The Kier molecular flexibility index (Phi) is 4.18. The van der Waals surface area contributed by atoms with Crippen LogP contribution in [0.4, 0.5) is 0 Å². The molecule has 102 valence electrons. The van der Waals surface area contributed by atoms with Gasteiger partial charge in [-0.3, -0.25) is 4.79 Å². The van der Waals surface area contributed by atoms with E-state index in [1.54, 1.807) is 25.1 Å². The summed E-state index contributed by atoms with van der Waals surface area (Å²) in [6.45, 7) is 1.77. The van der Waals surface area contributed by atoms with Crippen molar-refractivity contribution >= 4 is 17.2 Å². The molecule has 20 heavy (non-hydrogen) atoms. The van der Waals surface area contributed by atoms with Gasteiger partial charge in [0, 0.05) is 10.4 Å². The Morgan fingerprint density at radius 1 is 1.45 bits per heavy atom. The third kappa shape index (κ3) is 3.23. The van der Waals surface area contributed by atoms with Gasteiger partial charge in [0.2, 0.25) is 0 Å². The van der Waals surface area contributed by atoms with E-state index in [4.69, 9.17) is 5.26 Å². The van der Waals surface area contributed by atoms with E-state index < -0.39 is 5.60 Å². The minimum Gasteiger partial charge on any atom is -0.383 e. The molecule has 2 rings (SSSR count). The van der Waals surface area contributed by atoms with Crippen LogP contribution in [0.1, 0.15) is 27.7 Å². The third-order valence-electron chi connectivity index (χ3n) is 2.90. The van der Waals surface area contributed by atoms with Crippen LogP contribution in [-0.2, 0) is 5.60 Å². The van der Waals surface area contributed by atoms with Crippen molar-refractivity contribution in [2.45, 2.75) is 12.5 Å². The minimum atomic E-state index is -1.10. The number of amides is 1. The lowest BCUT2D eigenvalue weighted by atomic mass is 10.0. The topological polar surface area (TPSA) is 73.1 Å². The highest BCUT2D eigenvalue weighted by Crippen LogP contribution is 2.24. The quantitative estimate of drug-likeness (QED) is 0.905. The van der Waals surface area contributed by atoms with E-state index in [1.165, 1.54) is 17.4 Å². The normalized spacial score (nSPS) is 13.2. The van der Waals surface area contributed by atoms with Gasteiger partial charge in [0.15, 0.2) is 0 Å². The number of carbonyl (C=O) groups excluding carboxylic acids is 1. The van der Waals surface area contributed by atoms with Crippen molar-refractivity contribution < 1.29 is 9.90 Å². The van der Waals surface area contributed by atoms with Crippen molar-refractivity contribution in [2.24, 2.45) is 0 Å². The maximum Gasteiger partial charge on any atom is 0.251 e. The van der Waals surface area contributed by atoms with Gasteiger partial charge in [0.25, 0.3) is 5.91 Å². The van der Waals surface area contributed by atoms with Crippen LogP contribution in [-0.4, -0.2) is 17.6 Å². The van der Waals surface area contributed by atoms with Crippen LogP contribution >= 0.6 is 11.3 Å². The monoisotopic (exact) mass is 286 g/mol. The summed E-state index contributed by atoms with van der Waals surface area (Å²) in [5.74, 6) is -0.307. The van der Waals surface area contributed by atoms with Gasteiger partial charge in [-0.15, -0.1) is 11.3 Å². The Labute approximate surface area is 121 Å². The molecule has 0 aliphatic heterocycles. The van der Waals surface area contributed by atoms with E-state index >= 15 is 0 Å². The van der Waals surface area contributed by atoms with Crippen LogP contribution in [0.3, 0.4) is 0 Å². The first kappa shape index (κ1) is 14.3. The predicted molar refractivity (Wildman–Crippen MR) is 77.4 cm³/mol. The van der Waals surface area contributed by atoms with Crippen LogP contribution in [0.25, 0.3) is 0 Å². The molecule has 0 spiro atoms. The summed E-state index contributed by atoms with van der Waals surface area (Å²) in [5, 5.41) is 23.7. The van der Waals surface area contributed by atoms with Gasteiger partial charge in [-0.05, 0) is 36.6 Å². The maximum absolute atomic E-state index is 12.0. The molecule has 1 atom stereocenters. The lowest BCUT2D eigenvalue weighted by molar-refractivity contribution is 0.0557. The van der Waals surface area contributed by atoms with Gasteiger partial charge in [-0.2, -0.15) is 5.26 Å². The first-order chi connectivity index (χ1) is 9.53. The van der Waals surface area contributed by atoms with Gasteiger partial charge < -0.3 is 10.4 Å². The number of hydrogen-bond acceptors (Lipinski definition) is 4. The lowest BCUT2D eigenvalue weighted by Crippen LogP contribution is -2.38. The SMILES string of the molecule is C[C@@](O)(CNC(=O)c1cccc(C#N)c1)c1cccs1. The Hall–Kier alpha value is -2.16. The molecule has 0 radical (unpaired) electrons. The van der Waals surface area contributed by atoms with Crippen LogP contribution in [0, 0.1) is 11.3 Å². The average molecular weight is 286 g/mol. The number of nitrogens with zero attached hydrogens (tertiary/aromatic N) is 1. The van der Waals surface area contributed by atoms with Crippen molar-refractivity contribution in [1.29, 1.82) is 5.26 Å². The van der Waals surface area contributed by atoms with Crippen molar-refractivity contribution in [3.63, 3.8) is 0 Å². The maximum atomic E-state index is 12.0. The summed E-state index contributed by atoms with van der Waals surface area (Å²) in [6.07, 6.45) is 0. The molecule has 0 aliphatic rings. The summed E-state index contributed by atoms with van der Waals surface area (Å²) in [5.41, 5.74) is -0.259. The van der Waals surface area contributed by atoms with E-state index in [0.717, 1.165) is 4.88 Å². The summed E-state index contributed by atoms with van der Waals surface area (Å²) in [6, 6.07) is 12.1. The molecule has 1 amide bonds. The molecule has 1 heterocycles. The molecular weight excluding hydrogens is 272 g/mol. The molecular formula is C15H14N2O2S. The number of benzene rings is 1. The number of aliphatic hydroxyl groups is 1. The summed E-state index contributed by atoms with van der Waals surface area (Å²) in [7, 11) is 0. The predicted octanol–water partition coefficient (Wildman–Crippen LogP) is 2.26. The highest BCUT2D eigenvalue weighted by atomic mass is 32.1. The van der Waals surface area contributed by atoms with Gasteiger partial charge in [-0.1, -0.05) is 12.1 Å². The molecule has 0 fully saturated rings. The van der Waals surface area contributed by atoms with E-state index in [-0.39, 0.29) is 12.5 Å². The van der Waals surface area contributed by atoms with Crippen LogP contribution in [0.2, 0.25) is 0 Å². The van der Waals surface area contributed by atoms with Crippen LogP contribution in [0.5, 0.6) is 0 Å². The van der Waals surface area contributed by atoms with Crippen molar-refractivity contribution in [2.75, 3.05) is 6.54 Å². The molecule has 0 unspecified atom stereocenters. The second kappa shape index (κ2) is 5.87. The Balaban J connectivity index is 2.04. The molecule has 4 nitrogen and oxygen atoms in total. The molecule has 1 aromatic carbocycles. The second-order valence-electron chi connectivity index (χ2n) is 4.63. The fourth-order valence-corrected chi connectivity index (χ4v) is 2.54. The largest absolute Gasteiger partial charge is 0.383 e. The zero-order valence-electron chi connectivity index (χ0n) is 11.0. The molecule has 2 aromatic rings. The van der Waals surface area contributed by atoms with Gasteiger partial charge in [-0.25, -0.2) is 0 Å². The average Bonchev–Trinajstić information content (AvgIpc) is 3.00. The number of hydrogen-bond donors (Lipinski definition) is 2. The fraction of sp³-hybridized carbons (Fsp3) is 0.200. The number of carbonyl (C=O) groups is 1. The minimum absolute atomic E-state index is 0.114. The summed E-state index contributed by atoms with van der Waals surface area (Å²) >= 11 is 1.44. The smallest absolute Gasteiger partial charge is 0.251 e. The van der Waals surface area contributed by atoms with Crippen LogP contribution < -0.4 is 5.32 Å². The molecule has 1 aromatic heterocycles. The standard InChI is InChI=1S/C15H14N2O2S/c1-15(19,13-6-3-7-20-13)10-17-14(18)12-5-2-4-11(8-12)9-16/h2-8,19H,10H2,1H3,(H,17,18)/t15-/m1/s1. The van der Waals surface area contributed by atoms with Gasteiger partial charge in [0.1, 0.15) is 5.60 Å². The molecule has 0 saturated heterocycles. The number of nitrogens with one attached hydrogen (secondary N) is 1. The van der Waals surface area contributed by atoms with Gasteiger partial charge >= 0.3 is 0 Å². The van der Waals surface area contributed by atoms with E-state index in [0.29, 0.717) is 11.1 Å². The zero-order chi connectivity index (χ0) is 14.6. The zero-order valence-corrected chi connectivity index (χ0v) is 11.8. The van der Waals surface area contributed by atoms with Gasteiger partial charge in [0.05, 0.1) is 18.2 Å². The Morgan fingerprint density at radius 2 is 2.25 bits per heavy atom. The Morgan fingerprint density at radius 3 is 2.90 bits per heavy atom. The molecule has 0 saturated carbocycles. The first-order valence-electron chi connectivity index (χ1n) is 6.07. The fourth-order valence-electron chi connectivity index (χ4n) is 1.76. The van der Waals surface area contributed by atoms with E-state index in [2.05, 4.69) is 5.32 Å². The third-order valence-corrected chi connectivity index (χ3v) is 4.02. The molecule has 2 N–H and O–H groups in total. The summed E-state index contributed by atoms with van der Waals surface area (Å²) < 4.78 is 0. The van der Waals surface area contributed by atoms with E-state index in [1.807, 2.05) is 23.6 Å². The van der Waals surface area contributed by atoms with Crippen molar-refractivity contribution in [1.82, 2.24) is 5.32 Å². The number of rotatable bonds is 4. The number of nitriles is 1. The molecule has 0 aliphatic carbocycles. The second-order valence-corrected chi connectivity index (χ2v) is 5.57. The lowest BCUT2D eigenvalue weighted by Gasteiger charge is -2.22. The first-order valence-corrected chi connectivity index (χ1v) is 6.95. The van der Waals surface area contributed by atoms with E-state index in [9.17, 15) is 9.90 Å².